The van der Waals surface area contributed by atoms with Crippen molar-refractivity contribution >= 4 is 6.09 Å². The maximum absolute atomic E-state index is 11.9. The molecule has 0 atom stereocenters. The predicted molar refractivity (Wildman–Crippen MR) is 80.8 cm³/mol. The van der Waals surface area contributed by atoms with E-state index in [1.54, 1.807) is 0 Å². The summed E-state index contributed by atoms with van der Waals surface area (Å²) in [5, 5.41) is 0. The van der Waals surface area contributed by atoms with Crippen LogP contribution in [0.5, 0.6) is 0 Å². The summed E-state index contributed by atoms with van der Waals surface area (Å²) in [6, 6.07) is 0. The number of hydrogen-bond donors (Lipinski definition) is 0. The molecule has 0 N–H and O–H groups in total. The molecule has 0 aromatic heterocycles. The van der Waals surface area contributed by atoms with Gasteiger partial charge in [-0.1, -0.05) is 20.3 Å². The molecule has 0 aromatic rings. The van der Waals surface area contributed by atoms with Crippen LogP contribution in [0, 0.1) is 11.8 Å². The van der Waals surface area contributed by atoms with E-state index in [2.05, 4.69) is 18.7 Å². The Morgan fingerprint density at radius 3 is 2.35 bits per heavy atom. The zero-order chi connectivity index (χ0) is 14.4. The topological polar surface area (TPSA) is 32.8 Å². The highest BCUT2D eigenvalue weighted by Crippen LogP contribution is 2.21. The fraction of sp³-hybridized carbons (Fsp3) is 0.938. The van der Waals surface area contributed by atoms with Gasteiger partial charge in [0.15, 0.2) is 0 Å². The summed E-state index contributed by atoms with van der Waals surface area (Å²) in [6.07, 6.45) is 6.27. The Kier molecular flexibility index (Phi) is 6.14. The maximum atomic E-state index is 11.9. The van der Waals surface area contributed by atoms with Crippen LogP contribution in [0.4, 0.5) is 4.79 Å². The molecule has 0 aliphatic carbocycles. The molecule has 0 saturated carbocycles. The third-order valence-electron chi connectivity index (χ3n) is 4.38. The van der Waals surface area contributed by atoms with Gasteiger partial charge in [-0.05, 0) is 50.6 Å². The van der Waals surface area contributed by atoms with Crippen LogP contribution in [0.1, 0.15) is 46.0 Å². The second-order valence-corrected chi connectivity index (χ2v) is 6.76. The van der Waals surface area contributed by atoms with Crippen molar-refractivity contribution in [1.29, 1.82) is 0 Å². The summed E-state index contributed by atoms with van der Waals surface area (Å²) in [5.41, 5.74) is 0. The van der Waals surface area contributed by atoms with Gasteiger partial charge in [0.05, 0.1) is 6.61 Å². The number of carbonyl (C=O) groups is 1. The van der Waals surface area contributed by atoms with Crippen LogP contribution in [-0.4, -0.2) is 55.2 Å². The van der Waals surface area contributed by atoms with Gasteiger partial charge in [0, 0.05) is 19.6 Å². The SMILES string of the molecule is CC(C)COC(=O)N1CCC(CN2CCCCC2)CC1. The highest BCUT2D eigenvalue weighted by molar-refractivity contribution is 5.67. The number of ether oxygens (including phenoxy) is 1. The minimum absolute atomic E-state index is 0.116. The second kappa shape index (κ2) is 7.87. The average Bonchev–Trinajstić information content (AvgIpc) is 2.46. The van der Waals surface area contributed by atoms with Crippen molar-refractivity contribution in [2.45, 2.75) is 46.0 Å². The largest absolute Gasteiger partial charge is 0.449 e. The van der Waals surface area contributed by atoms with Crippen molar-refractivity contribution in [2.75, 3.05) is 39.3 Å². The van der Waals surface area contributed by atoms with Crippen LogP contribution in [0.25, 0.3) is 0 Å². The first-order valence-electron chi connectivity index (χ1n) is 8.29. The van der Waals surface area contributed by atoms with Gasteiger partial charge < -0.3 is 14.5 Å². The third kappa shape index (κ3) is 4.97. The summed E-state index contributed by atoms with van der Waals surface area (Å²) < 4.78 is 5.30. The van der Waals surface area contributed by atoms with E-state index in [9.17, 15) is 4.79 Å². The van der Waals surface area contributed by atoms with Gasteiger partial charge in [-0.2, -0.15) is 0 Å². The van der Waals surface area contributed by atoms with Crippen molar-refractivity contribution in [2.24, 2.45) is 11.8 Å². The molecule has 20 heavy (non-hydrogen) atoms. The van der Waals surface area contributed by atoms with E-state index in [1.807, 2.05) is 4.90 Å². The summed E-state index contributed by atoms with van der Waals surface area (Å²) >= 11 is 0. The van der Waals surface area contributed by atoms with Crippen LogP contribution in [0.3, 0.4) is 0 Å². The van der Waals surface area contributed by atoms with E-state index in [4.69, 9.17) is 4.74 Å². The summed E-state index contributed by atoms with van der Waals surface area (Å²) in [6.45, 7) is 10.2. The molecule has 2 saturated heterocycles. The van der Waals surface area contributed by atoms with Crippen LogP contribution < -0.4 is 0 Å². The lowest BCUT2D eigenvalue weighted by molar-refractivity contribution is 0.0730. The minimum atomic E-state index is -0.116. The molecular formula is C16H30N2O2. The van der Waals surface area contributed by atoms with E-state index in [-0.39, 0.29) is 6.09 Å². The van der Waals surface area contributed by atoms with E-state index in [0.717, 1.165) is 31.8 Å². The second-order valence-electron chi connectivity index (χ2n) is 6.76. The van der Waals surface area contributed by atoms with Crippen LogP contribution in [0.2, 0.25) is 0 Å². The van der Waals surface area contributed by atoms with Gasteiger partial charge in [-0.25, -0.2) is 4.79 Å². The smallest absolute Gasteiger partial charge is 0.409 e. The molecule has 4 heteroatoms. The number of rotatable bonds is 4. The van der Waals surface area contributed by atoms with Crippen molar-refractivity contribution < 1.29 is 9.53 Å². The Hall–Kier alpha value is -0.770. The van der Waals surface area contributed by atoms with Gasteiger partial charge in [0.25, 0.3) is 0 Å². The van der Waals surface area contributed by atoms with E-state index in [0.29, 0.717) is 12.5 Å². The third-order valence-corrected chi connectivity index (χ3v) is 4.38. The van der Waals surface area contributed by atoms with Gasteiger partial charge >= 0.3 is 6.09 Å². The zero-order valence-corrected chi connectivity index (χ0v) is 13.1. The standard InChI is InChI=1S/C16H30N2O2/c1-14(2)13-20-16(19)18-10-6-15(7-11-18)12-17-8-4-3-5-9-17/h14-15H,3-13H2,1-2H3. The van der Waals surface area contributed by atoms with Crippen molar-refractivity contribution in [3.05, 3.63) is 0 Å². The van der Waals surface area contributed by atoms with Crippen molar-refractivity contribution in [3.8, 4) is 0 Å². The van der Waals surface area contributed by atoms with Crippen molar-refractivity contribution in [3.63, 3.8) is 0 Å². The molecule has 0 aromatic carbocycles. The van der Waals surface area contributed by atoms with Gasteiger partial charge in [0.1, 0.15) is 0 Å². The fourth-order valence-corrected chi connectivity index (χ4v) is 3.13. The predicted octanol–water partition coefficient (Wildman–Crippen LogP) is 2.98. The molecule has 4 nitrogen and oxygen atoms in total. The monoisotopic (exact) mass is 282 g/mol. The average molecular weight is 282 g/mol. The molecule has 116 valence electrons. The molecule has 2 fully saturated rings. The van der Waals surface area contributed by atoms with Crippen LogP contribution in [-0.2, 0) is 4.74 Å². The first-order chi connectivity index (χ1) is 9.65. The fourth-order valence-electron chi connectivity index (χ4n) is 3.13. The normalized spacial score (nSPS) is 22.2. The Morgan fingerprint density at radius 1 is 1.10 bits per heavy atom. The van der Waals surface area contributed by atoms with Crippen LogP contribution >= 0.6 is 0 Å². The first kappa shape index (κ1) is 15.6. The Morgan fingerprint density at radius 2 is 1.75 bits per heavy atom. The Bertz CT molecular complexity index is 293. The number of piperidine rings is 2. The molecule has 0 bridgehead atoms. The number of carbonyl (C=O) groups excluding carboxylic acids is 1. The first-order valence-corrected chi connectivity index (χ1v) is 8.29. The van der Waals surface area contributed by atoms with E-state index < -0.39 is 0 Å². The highest BCUT2D eigenvalue weighted by Gasteiger charge is 2.25. The molecule has 2 aliphatic rings. The van der Waals surface area contributed by atoms with Crippen molar-refractivity contribution in [1.82, 2.24) is 9.80 Å². The molecule has 2 aliphatic heterocycles. The lowest BCUT2D eigenvalue weighted by Gasteiger charge is -2.35. The van der Waals surface area contributed by atoms with Crippen LogP contribution in [0.15, 0.2) is 0 Å². The molecular weight excluding hydrogens is 252 g/mol. The molecule has 0 unspecified atom stereocenters. The summed E-state index contributed by atoms with van der Waals surface area (Å²) in [5.74, 6) is 1.18. The summed E-state index contributed by atoms with van der Waals surface area (Å²) in [7, 11) is 0. The lowest BCUT2D eigenvalue weighted by atomic mass is 9.95. The molecule has 2 rings (SSSR count). The van der Waals surface area contributed by atoms with E-state index >= 15 is 0 Å². The molecule has 0 spiro atoms. The van der Waals surface area contributed by atoms with Gasteiger partial charge in [-0.15, -0.1) is 0 Å². The highest BCUT2D eigenvalue weighted by atomic mass is 16.6. The summed E-state index contributed by atoms with van der Waals surface area (Å²) in [4.78, 5) is 16.4. The molecule has 1 amide bonds. The maximum Gasteiger partial charge on any atom is 0.409 e. The molecule has 0 radical (unpaired) electrons. The lowest BCUT2D eigenvalue weighted by Crippen LogP contribution is -2.43. The van der Waals surface area contributed by atoms with Gasteiger partial charge in [-0.3, -0.25) is 0 Å². The van der Waals surface area contributed by atoms with Gasteiger partial charge in [0.2, 0.25) is 0 Å². The minimum Gasteiger partial charge on any atom is -0.449 e. The van der Waals surface area contributed by atoms with E-state index in [1.165, 1.54) is 38.9 Å². The Labute approximate surface area is 123 Å². The Balaban J connectivity index is 1.65. The number of amides is 1. The zero-order valence-electron chi connectivity index (χ0n) is 13.1. The quantitative estimate of drug-likeness (QED) is 0.794. The molecule has 2 heterocycles. The number of nitrogens with zero attached hydrogens (tertiary/aromatic N) is 2. The number of likely N-dealkylation sites (tertiary alicyclic amines) is 2. The number of hydrogen-bond acceptors (Lipinski definition) is 3.